The molecule has 0 bridgehead atoms. The number of hydrogen-bond acceptors (Lipinski definition) is 5. The minimum absolute atomic E-state index is 0. The number of nitrogens with zero attached hydrogens (tertiary/aromatic N) is 1. The summed E-state index contributed by atoms with van der Waals surface area (Å²) >= 11 is 0. The zero-order valence-electron chi connectivity index (χ0n) is 11.3. The van der Waals surface area contributed by atoms with Gasteiger partial charge in [-0.05, 0) is 32.1 Å². The summed E-state index contributed by atoms with van der Waals surface area (Å²) < 4.78 is 22.4. The van der Waals surface area contributed by atoms with E-state index in [2.05, 4.69) is 15.6 Å². The topological polar surface area (TPSA) is 88.2 Å². The number of sulfone groups is 1. The van der Waals surface area contributed by atoms with Crippen LogP contribution in [0.5, 0.6) is 0 Å². The summed E-state index contributed by atoms with van der Waals surface area (Å²) in [6.07, 6.45) is 3.59. The Hall–Kier alpha value is -0.890. The second-order valence-electron chi connectivity index (χ2n) is 3.91. The second-order valence-corrected chi connectivity index (χ2v) is 5.88. The van der Waals surface area contributed by atoms with Gasteiger partial charge >= 0.3 is 0 Å². The van der Waals surface area contributed by atoms with Crippen molar-refractivity contribution in [2.45, 2.75) is 17.9 Å². The van der Waals surface area contributed by atoms with E-state index in [1.807, 2.05) is 7.05 Å². The van der Waals surface area contributed by atoms with Crippen molar-refractivity contribution in [1.29, 1.82) is 0 Å². The van der Waals surface area contributed by atoms with E-state index >= 15 is 0 Å². The number of rotatable bonds is 6. The van der Waals surface area contributed by atoms with Crippen LogP contribution in [0.15, 0.2) is 23.4 Å². The molecule has 0 radical (unpaired) electrons. The number of carbonyl (C=O) groups excluding carboxylic acids is 1. The predicted molar refractivity (Wildman–Crippen MR) is 83.6 cm³/mol. The lowest BCUT2D eigenvalue weighted by molar-refractivity contribution is -0.116. The molecule has 0 aromatic carbocycles. The lowest BCUT2D eigenvalue weighted by Gasteiger charge is -2.05. The fourth-order valence-electron chi connectivity index (χ4n) is 1.32. The maximum atomic E-state index is 11.5. The number of halogens is 2. The Bertz CT molecular complexity index is 506. The Morgan fingerprint density at radius 3 is 2.40 bits per heavy atom. The minimum Gasteiger partial charge on any atom is -0.325 e. The zero-order valence-corrected chi connectivity index (χ0v) is 13.7. The molecule has 116 valence electrons. The highest BCUT2D eigenvalue weighted by Crippen LogP contribution is 2.10. The SMILES string of the molecule is CNCCCC(=O)Nc1ccc(S(C)(=O)=O)nc1.Cl.Cl. The van der Waals surface area contributed by atoms with Gasteiger partial charge in [0.25, 0.3) is 0 Å². The van der Waals surface area contributed by atoms with Crippen molar-refractivity contribution in [3.05, 3.63) is 18.3 Å². The van der Waals surface area contributed by atoms with Gasteiger partial charge in [-0.1, -0.05) is 0 Å². The lowest BCUT2D eigenvalue weighted by atomic mass is 10.3. The molecular weight excluding hydrogens is 325 g/mol. The van der Waals surface area contributed by atoms with E-state index < -0.39 is 9.84 Å². The molecule has 1 rings (SSSR count). The standard InChI is InChI=1S/C11H17N3O3S.2ClH/c1-12-7-3-4-10(15)14-9-5-6-11(13-8-9)18(2,16)17;;/h5-6,8,12H,3-4,7H2,1-2H3,(H,14,15);2*1H. The molecular formula is C11H19Cl2N3O3S. The van der Waals surface area contributed by atoms with Crippen LogP contribution in [-0.4, -0.2) is 39.2 Å². The number of aromatic nitrogens is 1. The van der Waals surface area contributed by atoms with Gasteiger partial charge in [-0.25, -0.2) is 13.4 Å². The van der Waals surface area contributed by atoms with Crippen molar-refractivity contribution < 1.29 is 13.2 Å². The first-order valence-corrected chi connectivity index (χ1v) is 7.43. The molecule has 1 heterocycles. The summed E-state index contributed by atoms with van der Waals surface area (Å²) in [5, 5.41) is 5.60. The van der Waals surface area contributed by atoms with Gasteiger partial charge in [0, 0.05) is 12.7 Å². The Morgan fingerprint density at radius 1 is 1.30 bits per heavy atom. The van der Waals surface area contributed by atoms with Gasteiger partial charge in [-0.15, -0.1) is 24.8 Å². The third-order valence-electron chi connectivity index (χ3n) is 2.23. The van der Waals surface area contributed by atoms with E-state index in [0.717, 1.165) is 19.2 Å². The van der Waals surface area contributed by atoms with Gasteiger partial charge in [0.2, 0.25) is 5.91 Å². The Morgan fingerprint density at radius 2 is 1.95 bits per heavy atom. The highest BCUT2D eigenvalue weighted by Gasteiger charge is 2.08. The number of nitrogens with one attached hydrogen (secondary N) is 2. The summed E-state index contributed by atoms with van der Waals surface area (Å²) in [4.78, 5) is 15.3. The number of carbonyl (C=O) groups is 1. The van der Waals surface area contributed by atoms with Crippen LogP contribution in [-0.2, 0) is 14.6 Å². The van der Waals surface area contributed by atoms with Gasteiger partial charge in [0.15, 0.2) is 14.9 Å². The Labute approximate surface area is 131 Å². The third-order valence-corrected chi connectivity index (χ3v) is 3.23. The van der Waals surface area contributed by atoms with E-state index in [1.54, 1.807) is 0 Å². The van der Waals surface area contributed by atoms with Crippen molar-refractivity contribution in [3.8, 4) is 0 Å². The summed E-state index contributed by atoms with van der Waals surface area (Å²) in [5.41, 5.74) is 0.497. The summed E-state index contributed by atoms with van der Waals surface area (Å²) in [7, 11) is -1.47. The van der Waals surface area contributed by atoms with Crippen LogP contribution in [0.2, 0.25) is 0 Å². The van der Waals surface area contributed by atoms with E-state index in [-0.39, 0.29) is 35.7 Å². The summed E-state index contributed by atoms with van der Waals surface area (Å²) in [6.45, 7) is 0.776. The quantitative estimate of drug-likeness (QED) is 0.759. The molecule has 0 saturated carbocycles. The van der Waals surface area contributed by atoms with Gasteiger partial charge < -0.3 is 10.6 Å². The molecule has 0 fully saturated rings. The van der Waals surface area contributed by atoms with E-state index in [9.17, 15) is 13.2 Å². The average Bonchev–Trinajstić information content (AvgIpc) is 2.29. The van der Waals surface area contributed by atoms with Crippen LogP contribution in [0.25, 0.3) is 0 Å². The Balaban J connectivity index is 0. The lowest BCUT2D eigenvalue weighted by Crippen LogP contribution is -2.15. The fraction of sp³-hybridized carbons (Fsp3) is 0.455. The number of anilines is 1. The van der Waals surface area contributed by atoms with Crippen LogP contribution in [0.4, 0.5) is 5.69 Å². The first-order valence-electron chi connectivity index (χ1n) is 5.54. The molecule has 0 aliphatic rings. The first-order chi connectivity index (χ1) is 8.43. The Kier molecular flexibility index (Phi) is 10.6. The van der Waals surface area contributed by atoms with E-state index in [4.69, 9.17) is 0 Å². The molecule has 0 unspecified atom stereocenters. The molecule has 1 aromatic rings. The molecule has 9 heteroatoms. The van der Waals surface area contributed by atoms with E-state index in [0.29, 0.717) is 12.1 Å². The van der Waals surface area contributed by atoms with Crippen LogP contribution < -0.4 is 10.6 Å². The molecule has 2 N–H and O–H groups in total. The molecule has 0 aliphatic carbocycles. The van der Waals surface area contributed by atoms with Gasteiger partial charge in [0.1, 0.15) is 0 Å². The van der Waals surface area contributed by atoms with Gasteiger partial charge in [-0.2, -0.15) is 0 Å². The average molecular weight is 344 g/mol. The third kappa shape index (κ3) is 7.64. The van der Waals surface area contributed by atoms with Crippen molar-refractivity contribution in [3.63, 3.8) is 0 Å². The molecule has 20 heavy (non-hydrogen) atoms. The summed E-state index contributed by atoms with van der Waals surface area (Å²) in [5.74, 6) is -0.112. The highest BCUT2D eigenvalue weighted by molar-refractivity contribution is 7.90. The maximum absolute atomic E-state index is 11.5. The molecule has 0 atom stereocenters. The van der Waals surface area contributed by atoms with Crippen LogP contribution in [0, 0.1) is 0 Å². The smallest absolute Gasteiger partial charge is 0.224 e. The molecule has 6 nitrogen and oxygen atoms in total. The minimum atomic E-state index is -3.30. The fourth-order valence-corrected chi connectivity index (χ4v) is 1.88. The van der Waals surface area contributed by atoms with Crippen LogP contribution in [0.1, 0.15) is 12.8 Å². The van der Waals surface area contributed by atoms with Crippen molar-refractivity contribution in [2.75, 3.05) is 25.2 Å². The van der Waals surface area contributed by atoms with Crippen molar-refractivity contribution in [2.24, 2.45) is 0 Å². The van der Waals surface area contributed by atoms with Gasteiger partial charge in [0.05, 0.1) is 11.9 Å². The highest BCUT2D eigenvalue weighted by atomic mass is 35.5. The first kappa shape index (κ1) is 21.4. The monoisotopic (exact) mass is 343 g/mol. The number of pyridine rings is 1. The number of hydrogen-bond donors (Lipinski definition) is 2. The molecule has 1 amide bonds. The van der Waals surface area contributed by atoms with E-state index in [1.165, 1.54) is 18.3 Å². The van der Waals surface area contributed by atoms with Crippen LogP contribution >= 0.6 is 24.8 Å². The summed E-state index contributed by atoms with van der Waals surface area (Å²) in [6, 6.07) is 2.90. The normalized spacial score (nSPS) is 10.1. The second kappa shape index (κ2) is 9.93. The van der Waals surface area contributed by atoms with Crippen molar-refractivity contribution >= 4 is 46.2 Å². The largest absolute Gasteiger partial charge is 0.325 e. The maximum Gasteiger partial charge on any atom is 0.224 e. The molecule has 1 aromatic heterocycles. The molecule has 0 aliphatic heterocycles. The number of amides is 1. The molecule has 0 spiro atoms. The van der Waals surface area contributed by atoms with Crippen molar-refractivity contribution in [1.82, 2.24) is 10.3 Å². The zero-order chi connectivity index (χ0) is 13.6. The molecule has 0 saturated heterocycles. The van der Waals surface area contributed by atoms with Crippen LogP contribution in [0.3, 0.4) is 0 Å². The van der Waals surface area contributed by atoms with Gasteiger partial charge in [-0.3, -0.25) is 4.79 Å². The predicted octanol–water partition coefficient (Wildman–Crippen LogP) is 1.27.